The van der Waals surface area contributed by atoms with E-state index in [0.29, 0.717) is 5.89 Å². The maximum atomic E-state index is 6.03. The van der Waals surface area contributed by atoms with Crippen LogP contribution in [0.25, 0.3) is 95.6 Å². The second-order valence-corrected chi connectivity index (χ2v) is 16.4. The minimum atomic E-state index is 0.635. The Balaban J connectivity index is 0.964. The van der Waals surface area contributed by atoms with Crippen LogP contribution >= 0.6 is 22.7 Å². The van der Waals surface area contributed by atoms with E-state index in [9.17, 15) is 0 Å². The highest BCUT2D eigenvalue weighted by Crippen LogP contribution is 2.44. The van der Waals surface area contributed by atoms with E-state index in [1.807, 2.05) is 46.9 Å². The standard InChI is InChI=1S/C51H30N2OS2/c1-5-11-47-41(7-1)43-25-19-34-29-37(23-27-39(34)49(43)55-47)53(38-24-28-40-35(30-38)20-26-44-42-8-2-6-12-48(42)56-50(40)44)36-21-17-32(18-22-36)31-13-15-33(16-14-31)51-52-45-9-3-4-10-46(45)54-51/h1-30H. The topological polar surface area (TPSA) is 29.3 Å². The fraction of sp³-hybridized carbons (Fsp3) is 0. The van der Waals surface area contributed by atoms with E-state index in [1.54, 1.807) is 0 Å². The third-order valence-electron chi connectivity index (χ3n) is 11.1. The van der Waals surface area contributed by atoms with Crippen molar-refractivity contribution in [3.8, 4) is 22.6 Å². The van der Waals surface area contributed by atoms with Crippen LogP contribution in [0, 0.1) is 0 Å². The summed E-state index contributed by atoms with van der Waals surface area (Å²) in [6.07, 6.45) is 0. The number of aromatic nitrogens is 1. The van der Waals surface area contributed by atoms with Crippen molar-refractivity contribution < 1.29 is 4.42 Å². The van der Waals surface area contributed by atoms with Gasteiger partial charge in [-0.1, -0.05) is 109 Å². The van der Waals surface area contributed by atoms with Gasteiger partial charge in [-0.2, -0.15) is 0 Å². The summed E-state index contributed by atoms with van der Waals surface area (Å²) in [7, 11) is 0. The van der Waals surface area contributed by atoms with Crippen LogP contribution in [0.4, 0.5) is 17.1 Å². The molecule has 56 heavy (non-hydrogen) atoms. The van der Waals surface area contributed by atoms with Crippen LogP contribution < -0.4 is 4.90 Å². The predicted molar refractivity (Wildman–Crippen MR) is 240 cm³/mol. The Labute approximate surface area is 329 Å². The molecule has 0 radical (unpaired) electrons. The number of para-hydroxylation sites is 2. The first-order valence-corrected chi connectivity index (χ1v) is 20.4. The molecular weight excluding hydrogens is 721 g/mol. The highest BCUT2D eigenvalue weighted by atomic mass is 32.1. The van der Waals surface area contributed by atoms with E-state index < -0.39 is 0 Å². The van der Waals surface area contributed by atoms with Crippen LogP contribution in [-0.2, 0) is 0 Å². The molecule has 12 rings (SSSR count). The van der Waals surface area contributed by atoms with Gasteiger partial charge in [0.1, 0.15) is 5.52 Å². The van der Waals surface area contributed by atoms with Crippen molar-refractivity contribution in [3.05, 3.63) is 182 Å². The predicted octanol–water partition coefficient (Wildman–Crippen LogP) is 15.7. The molecule has 9 aromatic carbocycles. The molecular formula is C51H30N2OS2. The van der Waals surface area contributed by atoms with Crippen LogP contribution in [-0.4, -0.2) is 4.98 Å². The maximum Gasteiger partial charge on any atom is 0.227 e. The molecule has 0 atom stereocenters. The Kier molecular flexibility index (Phi) is 6.97. The zero-order chi connectivity index (χ0) is 36.7. The molecule has 0 aliphatic carbocycles. The molecule has 0 aliphatic heterocycles. The number of thiophene rings is 2. The monoisotopic (exact) mass is 750 g/mol. The van der Waals surface area contributed by atoms with Crippen molar-refractivity contribution in [1.29, 1.82) is 0 Å². The second kappa shape index (κ2) is 12.4. The smallest absolute Gasteiger partial charge is 0.227 e. The van der Waals surface area contributed by atoms with E-state index >= 15 is 0 Å². The minimum absolute atomic E-state index is 0.635. The molecule has 12 aromatic rings. The SMILES string of the molecule is c1ccc2oc(-c3ccc(-c4ccc(N(c5ccc6c(ccc7c8ccccc8sc67)c5)c5ccc6c(ccc7c8ccccc8sc67)c5)cc4)cc3)nc2c1. The summed E-state index contributed by atoms with van der Waals surface area (Å²) in [4.78, 5) is 7.08. The van der Waals surface area contributed by atoms with Crippen molar-refractivity contribution in [2.75, 3.05) is 4.90 Å². The van der Waals surface area contributed by atoms with E-state index in [4.69, 9.17) is 9.40 Å². The first-order chi connectivity index (χ1) is 27.7. The van der Waals surface area contributed by atoms with Gasteiger partial charge in [-0.05, 0) is 105 Å². The fourth-order valence-electron chi connectivity index (χ4n) is 8.33. The van der Waals surface area contributed by atoms with Crippen LogP contribution in [0.1, 0.15) is 0 Å². The summed E-state index contributed by atoms with van der Waals surface area (Å²) in [5, 5.41) is 10.3. The summed E-state index contributed by atoms with van der Waals surface area (Å²) in [6.45, 7) is 0. The summed E-state index contributed by atoms with van der Waals surface area (Å²) >= 11 is 3.76. The quantitative estimate of drug-likeness (QED) is 0.175. The van der Waals surface area contributed by atoms with Gasteiger partial charge < -0.3 is 9.32 Å². The molecule has 0 fully saturated rings. The van der Waals surface area contributed by atoms with E-state index in [-0.39, 0.29) is 0 Å². The second-order valence-electron chi connectivity index (χ2n) is 14.3. The average molecular weight is 751 g/mol. The Bertz CT molecular complexity index is 3300. The largest absolute Gasteiger partial charge is 0.436 e. The maximum absolute atomic E-state index is 6.03. The van der Waals surface area contributed by atoms with Gasteiger partial charge in [0.05, 0.1) is 0 Å². The Morgan fingerprint density at radius 3 is 1.46 bits per heavy atom. The Morgan fingerprint density at radius 1 is 0.393 bits per heavy atom. The van der Waals surface area contributed by atoms with Gasteiger partial charge in [0.25, 0.3) is 0 Å². The molecule has 3 aromatic heterocycles. The Hall–Kier alpha value is -6.79. The Morgan fingerprint density at radius 2 is 0.875 bits per heavy atom. The molecule has 0 saturated carbocycles. The lowest BCUT2D eigenvalue weighted by Crippen LogP contribution is -2.09. The number of anilines is 3. The molecule has 3 heterocycles. The lowest BCUT2D eigenvalue weighted by molar-refractivity contribution is 0.620. The summed E-state index contributed by atoms with van der Waals surface area (Å²) < 4.78 is 11.4. The van der Waals surface area contributed by atoms with Crippen LogP contribution in [0.3, 0.4) is 0 Å². The minimum Gasteiger partial charge on any atom is -0.436 e. The number of rotatable bonds is 5. The average Bonchev–Trinajstić information content (AvgIpc) is 3.98. The zero-order valence-electron chi connectivity index (χ0n) is 29.9. The molecule has 0 bridgehead atoms. The summed E-state index contributed by atoms with van der Waals surface area (Å²) in [6, 6.07) is 65.8. The lowest BCUT2D eigenvalue weighted by Gasteiger charge is -2.26. The van der Waals surface area contributed by atoms with Gasteiger partial charge in [0.15, 0.2) is 5.58 Å². The number of fused-ring (bicyclic) bond motifs is 11. The van der Waals surface area contributed by atoms with Crippen molar-refractivity contribution in [2.45, 2.75) is 0 Å². The highest BCUT2D eigenvalue weighted by Gasteiger charge is 2.17. The van der Waals surface area contributed by atoms with Gasteiger partial charge in [-0.15, -0.1) is 22.7 Å². The molecule has 3 nitrogen and oxygen atoms in total. The van der Waals surface area contributed by atoms with Crippen LogP contribution in [0.15, 0.2) is 186 Å². The normalized spacial score (nSPS) is 11.9. The van der Waals surface area contributed by atoms with Gasteiger partial charge in [0.2, 0.25) is 5.89 Å². The first kappa shape index (κ1) is 31.5. The van der Waals surface area contributed by atoms with Crippen molar-refractivity contribution in [1.82, 2.24) is 4.98 Å². The summed E-state index contributed by atoms with van der Waals surface area (Å²) in [5.41, 5.74) is 8.25. The number of hydrogen-bond donors (Lipinski definition) is 0. The number of oxazole rings is 1. The molecule has 0 amide bonds. The molecule has 0 saturated heterocycles. The fourth-order valence-corrected chi connectivity index (χ4v) is 10.8. The van der Waals surface area contributed by atoms with Gasteiger partial charge in [0, 0.05) is 63.0 Å². The first-order valence-electron chi connectivity index (χ1n) is 18.8. The van der Waals surface area contributed by atoms with E-state index in [2.05, 4.69) is 163 Å². The van der Waals surface area contributed by atoms with Crippen LogP contribution in [0.2, 0.25) is 0 Å². The number of benzene rings is 9. The lowest BCUT2D eigenvalue weighted by atomic mass is 10.0. The van der Waals surface area contributed by atoms with E-state index in [1.165, 1.54) is 61.9 Å². The van der Waals surface area contributed by atoms with Crippen molar-refractivity contribution >= 4 is 113 Å². The third-order valence-corrected chi connectivity index (χ3v) is 13.5. The molecule has 0 unspecified atom stereocenters. The van der Waals surface area contributed by atoms with Gasteiger partial charge >= 0.3 is 0 Å². The van der Waals surface area contributed by atoms with Crippen molar-refractivity contribution in [3.63, 3.8) is 0 Å². The highest BCUT2D eigenvalue weighted by molar-refractivity contribution is 7.27. The van der Waals surface area contributed by atoms with E-state index in [0.717, 1.165) is 44.9 Å². The van der Waals surface area contributed by atoms with Crippen molar-refractivity contribution in [2.24, 2.45) is 0 Å². The molecule has 0 spiro atoms. The van der Waals surface area contributed by atoms with Gasteiger partial charge in [-0.25, -0.2) is 4.98 Å². The van der Waals surface area contributed by atoms with Crippen LogP contribution in [0.5, 0.6) is 0 Å². The van der Waals surface area contributed by atoms with Gasteiger partial charge in [-0.3, -0.25) is 0 Å². The summed E-state index contributed by atoms with van der Waals surface area (Å²) in [5.74, 6) is 0.635. The zero-order valence-corrected chi connectivity index (χ0v) is 31.6. The molecule has 262 valence electrons. The molecule has 5 heteroatoms. The number of nitrogens with zero attached hydrogens (tertiary/aromatic N) is 2. The molecule has 0 N–H and O–H groups in total. The number of hydrogen-bond acceptors (Lipinski definition) is 5. The molecule has 0 aliphatic rings. The third kappa shape index (κ3) is 4.98.